The fraction of sp³-hybridized carbons (Fsp3) is 0.250. The fourth-order valence-corrected chi connectivity index (χ4v) is 2.84. The number of carbonyl (C=O) groups is 3. The highest BCUT2D eigenvalue weighted by Gasteiger charge is 2.18. The van der Waals surface area contributed by atoms with Crippen LogP contribution in [0.5, 0.6) is 0 Å². The van der Waals surface area contributed by atoms with Crippen LogP contribution in [0.15, 0.2) is 48.5 Å². The Morgan fingerprint density at radius 1 is 0.964 bits per heavy atom. The molecule has 0 aromatic heterocycles. The zero-order valence-corrected chi connectivity index (χ0v) is 17.1. The van der Waals surface area contributed by atoms with Crippen molar-refractivity contribution >= 4 is 52.5 Å². The Balaban J connectivity index is 1.68. The summed E-state index contributed by atoms with van der Waals surface area (Å²) in [6.45, 7) is 3.45. The lowest BCUT2D eigenvalue weighted by Gasteiger charge is -2.13. The smallest absolute Gasteiger partial charge is 0.316 e. The Hall–Kier alpha value is -2.51. The van der Waals surface area contributed by atoms with Crippen LogP contribution >= 0.6 is 23.4 Å². The summed E-state index contributed by atoms with van der Waals surface area (Å²) in [7, 11) is 0. The van der Waals surface area contributed by atoms with Crippen molar-refractivity contribution < 1.29 is 19.1 Å². The lowest BCUT2D eigenvalue weighted by Crippen LogP contribution is -2.30. The maximum absolute atomic E-state index is 12.0. The molecule has 0 unspecified atom stereocenters. The molecule has 2 rings (SSSR count). The molecule has 28 heavy (non-hydrogen) atoms. The third-order valence-corrected chi connectivity index (χ3v) is 4.74. The van der Waals surface area contributed by atoms with Crippen LogP contribution in [0.1, 0.15) is 12.5 Å². The third kappa shape index (κ3) is 7.62. The third-order valence-electron chi connectivity index (χ3n) is 3.58. The van der Waals surface area contributed by atoms with Gasteiger partial charge in [0.1, 0.15) is 0 Å². The maximum Gasteiger partial charge on any atom is 0.316 e. The van der Waals surface area contributed by atoms with Crippen molar-refractivity contribution in [1.82, 2.24) is 0 Å². The number of thioether (sulfide) groups is 1. The average Bonchev–Trinajstić information content (AvgIpc) is 2.65. The molecule has 0 saturated carbocycles. The van der Waals surface area contributed by atoms with Crippen LogP contribution in [0.4, 0.5) is 11.4 Å². The van der Waals surface area contributed by atoms with E-state index in [4.69, 9.17) is 16.3 Å². The van der Waals surface area contributed by atoms with Crippen LogP contribution in [-0.2, 0) is 19.1 Å². The molecular formula is C20H21ClN2O4S. The molecule has 0 fully saturated rings. The van der Waals surface area contributed by atoms with Crippen molar-refractivity contribution in [3.63, 3.8) is 0 Å². The van der Waals surface area contributed by atoms with E-state index >= 15 is 0 Å². The Bertz CT molecular complexity index is 825. The number of halogens is 1. The van der Waals surface area contributed by atoms with Crippen molar-refractivity contribution in [2.45, 2.75) is 20.0 Å². The molecule has 148 valence electrons. The number of anilines is 2. The van der Waals surface area contributed by atoms with Crippen LogP contribution in [0.25, 0.3) is 0 Å². The Labute approximate surface area is 173 Å². The lowest BCUT2D eigenvalue weighted by atomic mass is 10.2. The van der Waals surface area contributed by atoms with Crippen molar-refractivity contribution in [2.24, 2.45) is 0 Å². The largest absolute Gasteiger partial charge is 0.452 e. The molecule has 2 aromatic carbocycles. The number of hydrogen-bond donors (Lipinski definition) is 2. The first kappa shape index (κ1) is 21.8. The van der Waals surface area contributed by atoms with E-state index in [1.54, 1.807) is 24.3 Å². The van der Waals surface area contributed by atoms with Gasteiger partial charge in [0.25, 0.3) is 5.91 Å². The highest BCUT2D eigenvalue weighted by Crippen LogP contribution is 2.14. The molecule has 2 aromatic rings. The van der Waals surface area contributed by atoms with Crippen molar-refractivity contribution in [3.05, 3.63) is 59.1 Å². The van der Waals surface area contributed by atoms with Crippen LogP contribution in [-0.4, -0.2) is 35.4 Å². The van der Waals surface area contributed by atoms with Gasteiger partial charge in [0.05, 0.1) is 11.5 Å². The summed E-state index contributed by atoms with van der Waals surface area (Å²) in [5, 5.41) is 5.94. The molecule has 2 amide bonds. The van der Waals surface area contributed by atoms with Gasteiger partial charge in [-0.15, -0.1) is 11.8 Å². The van der Waals surface area contributed by atoms with Gasteiger partial charge in [0.15, 0.2) is 6.10 Å². The van der Waals surface area contributed by atoms with Gasteiger partial charge < -0.3 is 15.4 Å². The number of benzene rings is 2. The summed E-state index contributed by atoms with van der Waals surface area (Å²) in [4.78, 5) is 35.8. The minimum Gasteiger partial charge on any atom is -0.452 e. The van der Waals surface area contributed by atoms with E-state index in [0.29, 0.717) is 16.4 Å². The quantitative estimate of drug-likeness (QED) is 0.633. The number of esters is 1. The Kier molecular flexibility index (Phi) is 8.35. The fourth-order valence-electron chi connectivity index (χ4n) is 2.12. The molecule has 0 spiro atoms. The first-order chi connectivity index (χ1) is 13.3. The minimum atomic E-state index is -0.954. The summed E-state index contributed by atoms with van der Waals surface area (Å²) >= 11 is 6.91. The second-order valence-electron chi connectivity index (χ2n) is 6.04. The van der Waals surface area contributed by atoms with Gasteiger partial charge in [0, 0.05) is 16.4 Å². The average molecular weight is 421 g/mol. The Morgan fingerprint density at radius 2 is 1.54 bits per heavy atom. The van der Waals surface area contributed by atoms with Gasteiger partial charge in [-0.2, -0.15) is 0 Å². The number of ether oxygens (including phenoxy) is 1. The summed E-state index contributed by atoms with van der Waals surface area (Å²) in [5.74, 6) is -1.14. The van der Waals surface area contributed by atoms with Crippen molar-refractivity contribution in [2.75, 3.05) is 22.1 Å². The molecule has 0 saturated heterocycles. The second kappa shape index (κ2) is 10.7. The SMILES string of the molecule is Cc1ccc(NC(=O)CSCC(=O)O[C@H](C)C(=O)Nc2ccc(Cl)cc2)cc1. The van der Waals surface area contributed by atoms with E-state index in [2.05, 4.69) is 10.6 Å². The molecule has 0 aliphatic carbocycles. The van der Waals surface area contributed by atoms with E-state index in [9.17, 15) is 14.4 Å². The number of aryl methyl sites for hydroxylation is 1. The van der Waals surface area contributed by atoms with E-state index < -0.39 is 18.0 Å². The first-order valence-corrected chi connectivity index (χ1v) is 10.1. The monoisotopic (exact) mass is 420 g/mol. The topological polar surface area (TPSA) is 84.5 Å². The second-order valence-corrected chi connectivity index (χ2v) is 7.46. The number of hydrogen-bond acceptors (Lipinski definition) is 5. The normalized spacial score (nSPS) is 11.4. The first-order valence-electron chi connectivity index (χ1n) is 8.53. The predicted molar refractivity (Wildman–Crippen MR) is 113 cm³/mol. The number of nitrogens with one attached hydrogen (secondary N) is 2. The maximum atomic E-state index is 12.0. The van der Waals surface area contributed by atoms with E-state index in [-0.39, 0.29) is 17.4 Å². The summed E-state index contributed by atoms with van der Waals surface area (Å²) in [6.07, 6.45) is -0.954. The Morgan fingerprint density at radius 3 is 2.18 bits per heavy atom. The van der Waals surface area contributed by atoms with Crippen LogP contribution in [0.3, 0.4) is 0 Å². The highest BCUT2D eigenvalue weighted by molar-refractivity contribution is 8.00. The molecule has 1 atom stereocenters. The molecule has 0 heterocycles. The summed E-state index contributed by atoms with van der Waals surface area (Å²) in [6, 6.07) is 14.0. The van der Waals surface area contributed by atoms with Gasteiger partial charge in [-0.25, -0.2) is 0 Å². The van der Waals surface area contributed by atoms with E-state index in [1.165, 1.54) is 6.92 Å². The molecule has 8 heteroatoms. The number of rotatable bonds is 8. The zero-order valence-electron chi connectivity index (χ0n) is 15.5. The minimum absolute atomic E-state index is 0.0279. The van der Waals surface area contributed by atoms with Crippen LogP contribution < -0.4 is 10.6 Å². The van der Waals surface area contributed by atoms with E-state index in [0.717, 1.165) is 17.3 Å². The molecule has 0 aliphatic heterocycles. The van der Waals surface area contributed by atoms with Gasteiger partial charge >= 0.3 is 5.97 Å². The summed E-state index contributed by atoms with van der Waals surface area (Å²) in [5.41, 5.74) is 2.36. The standard InChI is InChI=1S/C20H21ClN2O4S/c1-13-3-7-16(8-4-13)22-18(24)11-28-12-19(25)27-14(2)20(26)23-17-9-5-15(21)6-10-17/h3-10,14H,11-12H2,1-2H3,(H,22,24)(H,23,26)/t14-/m1/s1. The number of amides is 2. The van der Waals surface area contributed by atoms with Crippen molar-refractivity contribution in [1.29, 1.82) is 0 Å². The predicted octanol–water partition coefficient (Wildman–Crippen LogP) is 3.89. The number of carbonyl (C=O) groups excluding carboxylic acids is 3. The molecule has 0 aliphatic rings. The van der Waals surface area contributed by atoms with Gasteiger partial charge in [0.2, 0.25) is 5.91 Å². The molecular weight excluding hydrogens is 400 g/mol. The van der Waals surface area contributed by atoms with Gasteiger partial charge in [-0.05, 0) is 50.2 Å². The summed E-state index contributed by atoms with van der Waals surface area (Å²) < 4.78 is 5.09. The highest BCUT2D eigenvalue weighted by atomic mass is 35.5. The zero-order chi connectivity index (χ0) is 20.5. The van der Waals surface area contributed by atoms with Crippen LogP contribution in [0, 0.1) is 6.92 Å². The molecule has 6 nitrogen and oxygen atoms in total. The van der Waals surface area contributed by atoms with Crippen LogP contribution in [0.2, 0.25) is 5.02 Å². The van der Waals surface area contributed by atoms with Gasteiger partial charge in [-0.1, -0.05) is 29.3 Å². The van der Waals surface area contributed by atoms with Gasteiger partial charge in [-0.3, -0.25) is 14.4 Å². The molecule has 0 bridgehead atoms. The lowest BCUT2D eigenvalue weighted by molar-refractivity contribution is -0.150. The molecule has 2 N–H and O–H groups in total. The molecule has 0 radical (unpaired) electrons. The van der Waals surface area contributed by atoms with E-state index in [1.807, 2.05) is 31.2 Å². The van der Waals surface area contributed by atoms with Crippen molar-refractivity contribution in [3.8, 4) is 0 Å².